The fourth-order valence-corrected chi connectivity index (χ4v) is 2.40. The van der Waals surface area contributed by atoms with Crippen molar-refractivity contribution in [2.45, 2.75) is 19.9 Å². The molecular weight excluding hydrogens is 332 g/mol. The number of hydrogen-bond acceptors (Lipinski definition) is 5. The molecule has 0 saturated carbocycles. The van der Waals surface area contributed by atoms with Crippen LogP contribution >= 0.6 is 0 Å². The van der Waals surface area contributed by atoms with Gasteiger partial charge in [-0.15, -0.1) is 0 Å². The van der Waals surface area contributed by atoms with Crippen molar-refractivity contribution in [1.82, 2.24) is 5.32 Å². The number of nitrogens with one attached hydrogen (secondary N) is 1. The van der Waals surface area contributed by atoms with Gasteiger partial charge in [0.15, 0.2) is 6.61 Å². The number of methoxy groups -OCH3 is 1. The summed E-state index contributed by atoms with van der Waals surface area (Å²) in [5.41, 5.74) is 1.76. The third-order valence-electron chi connectivity index (χ3n) is 3.65. The second kappa shape index (κ2) is 10.1. The summed E-state index contributed by atoms with van der Waals surface area (Å²) in [6, 6.07) is 14.8. The molecule has 0 bridgehead atoms. The van der Waals surface area contributed by atoms with E-state index < -0.39 is 0 Å². The van der Waals surface area contributed by atoms with Crippen LogP contribution in [0.1, 0.15) is 31.0 Å². The number of amides is 1. The fourth-order valence-electron chi connectivity index (χ4n) is 2.40. The van der Waals surface area contributed by atoms with E-state index in [1.54, 1.807) is 13.3 Å². The van der Waals surface area contributed by atoms with Gasteiger partial charge < -0.3 is 19.6 Å². The van der Waals surface area contributed by atoms with Crippen molar-refractivity contribution in [2.75, 3.05) is 20.3 Å². The molecular formula is C20H24N2O4. The predicted octanol–water partition coefficient (Wildman–Crippen LogP) is 3.32. The molecule has 0 heterocycles. The molecule has 0 spiro atoms. The van der Waals surface area contributed by atoms with Crippen molar-refractivity contribution in [3.63, 3.8) is 0 Å². The monoisotopic (exact) mass is 356 g/mol. The van der Waals surface area contributed by atoms with Crippen molar-refractivity contribution >= 4 is 12.1 Å². The highest BCUT2D eigenvalue weighted by atomic mass is 16.6. The third-order valence-corrected chi connectivity index (χ3v) is 3.65. The lowest BCUT2D eigenvalue weighted by molar-refractivity contribution is -0.126. The zero-order valence-electron chi connectivity index (χ0n) is 15.3. The first-order chi connectivity index (χ1) is 12.6. The molecule has 2 aromatic carbocycles. The highest BCUT2D eigenvalue weighted by Gasteiger charge is 2.13. The number of nitrogens with zero attached hydrogens (tertiary/aromatic N) is 1. The SMILES string of the molecule is CCOc1ccc(/C=N/OCC(=O)NC(C)c2ccccc2OC)cc1. The summed E-state index contributed by atoms with van der Waals surface area (Å²) in [5, 5.41) is 6.68. The molecule has 2 rings (SSSR count). The van der Waals surface area contributed by atoms with Gasteiger partial charge in [0.05, 0.1) is 26.0 Å². The van der Waals surface area contributed by atoms with Gasteiger partial charge in [-0.25, -0.2) is 0 Å². The van der Waals surface area contributed by atoms with Crippen molar-refractivity contribution < 1.29 is 19.1 Å². The maximum absolute atomic E-state index is 12.0. The summed E-state index contributed by atoms with van der Waals surface area (Å²) < 4.78 is 10.7. The van der Waals surface area contributed by atoms with Crippen LogP contribution in [0.2, 0.25) is 0 Å². The average Bonchev–Trinajstić information content (AvgIpc) is 2.66. The van der Waals surface area contributed by atoms with E-state index >= 15 is 0 Å². The molecule has 1 atom stereocenters. The van der Waals surface area contributed by atoms with Crippen molar-refractivity contribution in [3.8, 4) is 11.5 Å². The number of carbonyl (C=O) groups excluding carboxylic acids is 1. The van der Waals surface area contributed by atoms with E-state index in [0.717, 1.165) is 22.6 Å². The fraction of sp³-hybridized carbons (Fsp3) is 0.300. The quantitative estimate of drug-likeness (QED) is 0.553. The van der Waals surface area contributed by atoms with Crippen LogP contribution in [0.25, 0.3) is 0 Å². The number of para-hydroxylation sites is 1. The van der Waals surface area contributed by atoms with Gasteiger partial charge in [-0.2, -0.15) is 0 Å². The van der Waals surface area contributed by atoms with Crippen LogP contribution in [0.3, 0.4) is 0 Å². The number of ether oxygens (including phenoxy) is 2. The second-order valence-electron chi connectivity index (χ2n) is 5.54. The number of hydrogen-bond donors (Lipinski definition) is 1. The van der Waals surface area contributed by atoms with Crippen molar-refractivity contribution in [3.05, 3.63) is 59.7 Å². The molecule has 1 unspecified atom stereocenters. The maximum atomic E-state index is 12.0. The number of oxime groups is 1. The molecule has 0 fully saturated rings. The van der Waals surface area contributed by atoms with Gasteiger partial charge in [-0.05, 0) is 49.7 Å². The van der Waals surface area contributed by atoms with E-state index in [9.17, 15) is 4.79 Å². The smallest absolute Gasteiger partial charge is 0.261 e. The highest BCUT2D eigenvalue weighted by Crippen LogP contribution is 2.24. The second-order valence-corrected chi connectivity index (χ2v) is 5.54. The molecule has 138 valence electrons. The Morgan fingerprint density at radius 1 is 1.19 bits per heavy atom. The summed E-state index contributed by atoms with van der Waals surface area (Å²) >= 11 is 0. The van der Waals surface area contributed by atoms with Crippen molar-refractivity contribution in [2.24, 2.45) is 5.16 Å². The van der Waals surface area contributed by atoms with Gasteiger partial charge in [-0.3, -0.25) is 4.79 Å². The minimum absolute atomic E-state index is 0.160. The molecule has 0 aliphatic carbocycles. The zero-order valence-corrected chi connectivity index (χ0v) is 15.3. The molecule has 1 amide bonds. The summed E-state index contributed by atoms with van der Waals surface area (Å²) in [4.78, 5) is 17.1. The maximum Gasteiger partial charge on any atom is 0.261 e. The van der Waals surface area contributed by atoms with Crippen LogP contribution in [0.15, 0.2) is 53.7 Å². The van der Waals surface area contributed by atoms with E-state index in [0.29, 0.717) is 6.61 Å². The summed E-state index contributed by atoms with van der Waals surface area (Å²) in [6.45, 7) is 4.29. The molecule has 0 saturated heterocycles. The third kappa shape index (κ3) is 5.81. The van der Waals surface area contributed by atoms with Gasteiger partial charge in [0.2, 0.25) is 0 Å². The first kappa shape index (κ1) is 19.3. The molecule has 0 aromatic heterocycles. The molecule has 1 N–H and O–H groups in total. The Morgan fingerprint density at radius 2 is 1.92 bits per heavy atom. The molecule has 0 aliphatic heterocycles. The summed E-state index contributed by atoms with van der Waals surface area (Å²) in [6.07, 6.45) is 1.55. The minimum Gasteiger partial charge on any atom is -0.496 e. The number of rotatable bonds is 9. The Hall–Kier alpha value is -3.02. The van der Waals surface area contributed by atoms with Crippen molar-refractivity contribution in [1.29, 1.82) is 0 Å². The van der Waals surface area contributed by atoms with E-state index in [4.69, 9.17) is 14.3 Å². The lowest BCUT2D eigenvalue weighted by atomic mass is 10.1. The molecule has 0 radical (unpaired) electrons. The van der Waals surface area contributed by atoms with Gasteiger partial charge in [0.25, 0.3) is 5.91 Å². The number of carbonyl (C=O) groups is 1. The number of benzene rings is 2. The van der Waals surface area contributed by atoms with Crippen LogP contribution in [0, 0.1) is 0 Å². The summed E-state index contributed by atoms with van der Waals surface area (Å²) in [7, 11) is 1.60. The Bertz CT molecular complexity index is 729. The largest absolute Gasteiger partial charge is 0.496 e. The minimum atomic E-state index is -0.257. The van der Waals surface area contributed by atoms with E-state index in [1.807, 2.05) is 62.4 Å². The predicted molar refractivity (Wildman–Crippen MR) is 101 cm³/mol. The summed E-state index contributed by atoms with van der Waals surface area (Å²) in [5.74, 6) is 1.28. The molecule has 6 nitrogen and oxygen atoms in total. The average molecular weight is 356 g/mol. The Morgan fingerprint density at radius 3 is 2.62 bits per heavy atom. The van der Waals surface area contributed by atoms with Gasteiger partial charge in [0, 0.05) is 5.56 Å². The van der Waals surface area contributed by atoms with Gasteiger partial charge in [-0.1, -0.05) is 23.4 Å². The Balaban J connectivity index is 1.79. The lowest BCUT2D eigenvalue weighted by Crippen LogP contribution is -2.29. The molecule has 0 aliphatic rings. The molecule has 2 aromatic rings. The van der Waals surface area contributed by atoms with Crippen LogP contribution in [0.4, 0.5) is 0 Å². The Kier molecular flexibility index (Phi) is 7.49. The highest BCUT2D eigenvalue weighted by molar-refractivity contribution is 5.80. The standard InChI is InChI=1S/C20H24N2O4/c1-4-25-17-11-9-16(10-12-17)13-21-26-14-20(23)22-15(2)18-7-5-6-8-19(18)24-3/h5-13,15H,4,14H2,1-3H3,(H,22,23)/b21-13+. The van der Waals surface area contributed by atoms with E-state index in [2.05, 4.69) is 10.5 Å². The first-order valence-corrected chi connectivity index (χ1v) is 8.44. The van der Waals surface area contributed by atoms with Crippen LogP contribution in [0.5, 0.6) is 11.5 Å². The Labute approximate surface area is 153 Å². The normalized spacial score (nSPS) is 11.8. The van der Waals surface area contributed by atoms with Gasteiger partial charge >= 0.3 is 0 Å². The van der Waals surface area contributed by atoms with E-state index in [-0.39, 0.29) is 18.6 Å². The zero-order chi connectivity index (χ0) is 18.8. The first-order valence-electron chi connectivity index (χ1n) is 8.44. The van der Waals surface area contributed by atoms with Crippen LogP contribution in [-0.2, 0) is 9.63 Å². The van der Waals surface area contributed by atoms with Crippen LogP contribution in [-0.4, -0.2) is 32.4 Å². The molecule has 6 heteroatoms. The topological polar surface area (TPSA) is 69.2 Å². The van der Waals surface area contributed by atoms with Gasteiger partial charge in [0.1, 0.15) is 11.5 Å². The molecule has 26 heavy (non-hydrogen) atoms. The lowest BCUT2D eigenvalue weighted by Gasteiger charge is -2.16. The van der Waals surface area contributed by atoms with Crippen LogP contribution < -0.4 is 14.8 Å². The van der Waals surface area contributed by atoms with E-state index in [1.165, 1.54) is 0 Å².